The summed E-state index contributed by atoms with van der Waals surface area (Å²) in [4.78, 5) is 16.0. The summed E-state index contributed by atoms with van der Waals surface area (Å²) in [6.45, 7) is 4.86. The first kappa shape index (κ1) is 15.0. The summed E-state index contributed by atoms with van der Waals surface area (Å²) in [7, 11) is 0. The SMILES string of the molecule is CCCc1nc(CC)c(C=O)n1Cc1ccc(Br)cc1. The average Bonchev–Trinajstić information content (AvgIpc) is 2.79. The van der Waals surface area contributed by atoms with Gasteiger partial charge in [-0.3, -0.25) is 4.79 Å². The van der Waals surface area contributed by atoms with E-state index in [1.165, 1.54) is 5.56 Å². The molecule has 0 spiro atoms. The van der Waals surface area contributed by atoms with Crippen molar-refractivity contribution in [2.75, 3.05) is 0 Å². The minimum Gasteiger partial charge on any atom is -0.321 e. The summed E-state index contributed by atoms with van der Waals surface area (Å²) >= 11 is 3.44. The molecule has 4 heteroatoms. The summed E-state index contributed by atoms with van der Waals surface area (Å²) in [6, 6.07) is 8.18. The van der Waals surface area contributed by atoms with E-state index in [1.807, 2.05) is 19.1 Å². The van der Waals surface area contributed by atoms with Gasteiger partial charge in [-0.1, -0.05) is 41.9 Å². The number of hydrogen-bond donors (Lipinski definition) is 0. The van der Waals surface area contributed by atoms with Crippen molar-refractivity contribution in [1.82, 2.24) is 9.55 Å². The first-order chi connectivity index (χ1) is 9.69. The van der Waals surface area contributed by atoms with Crippen LogP contribution in [0.3, 0.4) is 0 Å². The molecule has 0 unspecified atom stereocenters. The van der Waals surface area contributed by atoms with Crippen LogP contribution < -0.4 is 0 Å². The molecule has 0 fully saturated rings. The van der Waals surface area contributed by atoms with Crippen LogP contribution in [0.5, 0.6) is 0 Å². The van der Waals surface area contributed by atoms with Crippen LogP contribution in [0.1, 0.15) is 47.8 Å². The third kappa shape index (κ3) is 3.18. The number of benzene rings is 1. The van der Waals surface area contributed by atoms with Gasteiger partial charge in [0.1, 0.15) is 11.5 Å². The number of halogens is 1. The predicted octanol–water partition coefficient (Wildman–Crippen LogP) is 4.02. The molecular formula is C16H19BrN2O. The minimum atomic E-state index is 0.698. The Morgan fingerprint density at radius 2 is 1.95 bits per heavy atom. The van der Waals surface area contributed by atoms with Crippen LogP contribution in [-0.4, -0.2) is 15.8 Å². The highest BCUT2D eigenvalue weighted by Crippen LogP contribution is 2.17. The number of nitrogens with zero attached hydrogens (tertiary/aromatic N) is 2. The Labute approximate surface area is 128 Å². The standard InChI is InChI=1S/C16H19BrN2O/c1-3-5-16-18-14(4-2)15(11-20)19(16)10-12-6-8-13(17)9-7-12/h6-9,11H,3-5,10H2,1-2H3. The van der Waals surface area contributed by atoms with E-state index < -0.39 is 0 Å². The Bertz CT molecular complexity index is 587. The first-order valence-electron chi connectivity index (χ1n) is 6.97. The maximum atomic E-state index is 11.4. The molecule has 0 aliphatic heterocycles. The number of aryl methyl sites for hydroxylation is 2. The minimum absolute atomic E-state index is 0.698. The molecule has 1 aromatic heterocycles. The van der Waals surface area contributed by atoms with E-state index in [0.717, 1.165) is 47.2 Å². The van der Waals surface area contributed by atoms with Gasteiger partial charge in [-0.05, 0) is 30.5 Å². The Morgan fingerprint density at radius 3 is 2.50 bits per heavy atom. The fraction of sp³-hybridized carbons (Fsp3) is 0.375. The average molecular weight is 335 g/mol. The van der Waals surface area contributed by atoms with Crippen LogP contribution in [0.2, 0.25) is 0 Å². The summed E-state index contributed by atoms with van der Waals surface area (Å²) < 4.78 is 3.11. The highest BCUT2D eigenvalue weighted by molar-refractivity contribution is 9.10. The van der Waals surface area contributed by atoms with Gasteiger partial charge in [0.2, 0.25) is 0 Å². The summed E-state index contributed by atoms with van der Waals surface area (Å²) in [6.07, 6.45) is 3.65. The van der Waals surface area contributed by atoms with Crippen molar-refractivity contribution >= 4 is 22.2 Å². The van der Waals surface area contributed by atoms with Crippen LogP contribution in [0.25, 0.3) is 0 Å². The molecule has 0 atom stereocenters. The Morgan fingerprint density at radius 1 is 1.25 bits per heavy atom. The normalized spacial score (nSPS) is 10.8. The molecule has 0 saturated heterocycles. The van der Waals surface area contributed by atoms with Gasteiger partial charge >= 0.3 is 0 Å². The molecule has 0 aliphatic carbocycles. The van der Waals surface area contributed by atoms with Gasteiger partial charge in [-0.2, -0.15) is 0 Å². The van der Waals surface area contributed by atoms with Crippen molar-refractivity contribution < 1.29 is 4.79 Å². The molecule has 1 heterocycles. The van der Waals surface area contributed by atoms with Gasteiger partial charge in [-0.15, -0.1) is 0 Å². The topological polar surface area (TPSA) is 34.9 Å². The Kier molecular flexibility index (Phi) is 5.12. The Balaban J connectivity index is 2.39. The smallest absolute Gasteiger partial charge is 0.168 e. The number of carbonyl (C=O) groups is 1. The van der Waals surface area contributed by atoms with Crippen LogP contribution in [0.15, 0.2) is 28.7 Å². The van der Waals surface area contributed by atoms with Gasteiger partial charge in [0, 0.05) is 17.4 Å². The zero-order chi connectivity index (χ0) is 14.5. The summed E-state index contributed by atoms with van der Waals surface area (Å²) in [5, 5.41) is 0. The maximum Gasteiger partial charge on any atom is 0.168 e. The lowest BCUT2D eigenvalue weighted by molar-refractivity contribution is 0.111. The fourth-order valence-electron chi connectivity index (χ4n) is 2.32. The third-order valence-electron chi connectivity index (χ3n) is 3.34. The van der Waals surface area contributed by atoms with E-state index in [9.17, 15) is 4.79 Å². The van der Waals surface area contributed by atoms with E-state index in [2.05, 4.69) is 44.5 Å². The first-order valence-corrected chi connectivity index (χ1v) is 7.76. The lowest BCUT2D eigenvalue weighted by atomic mass is 10.2. The van der Waals surface area contributed by atoms with Crippen LogP contribution >= 0.6 is 15.9 Å². The van der Waals surface area contributed by atoms with Crippen molar-refractivity contribution in [3.63, 3.8) is 0 Å². The lowest BCUT2D eigenvalue weighted by Crippen LogP contribution is -2.08. The zero-order valence-corrected chi connectivity index (χ0v) is 13.5. The molecule has 106 valence electrons. The van der Waals surface area contributed by atoms with E-state index in [4.69, 9.17) is 0 Å². The molecular weight excluding hydrogens is 316 g/mol. The van der Waals surface area contributed by atoms with Crippen LogP contribution in [0.4, 0.5) is 0 Å². The molecule has 0 radical (unpaired) electrons. The Hall–Kier alpha value is -1.42. The predicted molar refractivity (Wildman–Crippen MR) is 84.2 cm³/mol. The van der Waals surface area contributed by atoms with Crippen molar-refractivity contribution in [2.45, 2.75) is 39.7 Å². The van der Waals surface area contributed by atoms with E-state index in [1.54, 1.807) is 0 Å². The molecule has 0 saturated carbocycles. The van der Waals surface area contributed by atoms with E-state index in [-0.39, 0.29) is 0 Å². The number of hydrogen-bond acceptors (Lipinski definition) is 2. The quantitative estimate of drug-likeness (QED) is 0.748. The van der Waals surface area contributed by atoms with Crippen molar-refractivity contribution in [1.29, 1.82) is 0 Å². The van der Waals surface area contributed by atoms with E-state index >= 15 is 0 Å². The lowest BCUT2D eigenvalue weighted by Gasteiger charge is -2.09. The number of aromatic nitrogens is 2. The molecule has 1 aromatic carbocycles. The van der Waals surface area contributed by atoms with E-state index in [0.29, 0.717) is 6.54 Å². The molecule has 0 N–H and O–H groups in total. The molecule has 2 rings (SSSR count). The third-order valence-corrected chi connectivity index (χ3v) is 3.86. The largest absolute Gasteiger partial charge is 0.321 e. The second-order valence-electron chi connectivity index (χ2n) is 4.79. The van der Waals surface area contributed by atoms with Crippen molar-refractivity contribution in [3.8, 4) is 0 Å². The highest BCUT2D eigenvalue weighted by atomic mass is 79.9. The van der Waals surface area contributed by atoms with Crippen LogP contribution in [-0.2, 0) is 19.4 Å². The summed E-state index contributed by atoms with van der Waals surface area (Å²) in [5.41, 5.74) is 2.80. The number of imidazole rings is 1. The van der Waals surface area contributed by atoms with Gasteiger partial charge in [-0.25, -0.2) is 4.98 Å². The maximum absolute atomic E-state index is 11.4. The molecule has 0 aliphatic rings. The number of aldehydes is 1. The van der Waals surface area contributed by atoms with Gasteiger partial charge in [0.25, 0.3) is 0 Å². The second-order valence-corrected chi connectivity index (χ2v) is 5.71. The fourth-order valence-corrected chi connectivity index (χ4v) is 2.59. The zero-order valence-electron chi connectivity index (χ0n) is 11.9. The van der Waals surface area contributed by atoms with Gasteiger partial charge in [0.15, 0.2) is 6.29 Å². The number of carbonyl (C=O) groups excluding carboxylic acids is 1. The molecule has 3 nitrogen and oxygen atoms in total. The van der Waals surface area contributed by atoms with Crippen molar-refractivity contribution in [3.05, 3.63) is 51.5 Å². The highest BCUT2D eigenvalue weighted by Gasteiger charge is 2.15. The molecule has 0 amide bonds. The van der Waals surface area contributed by atoms with Crippen molar-refractivity contribution in [2.24, 2.45) is 0 Å². The second kappa shape index (κ2) is 6.84. The number of rotatable bonds is 6. The molecule has 2 aromatic rings. The monoisotopic (exact) mass is 334 g/mol. The molecule has 0 bridgehead atoms. The van der Waals surface area contributed by atoms with Gasteiger partial charge in [0.05, 0.1) is 5.69 Å². The van der Waals surface area contributed by atoms with Gasteiger partial charge < -0.3 is 4.57 Å². The van der Waals surface area contributed by atoms with Crippen LogP contribution in [0, 0.1) is 0 Å². The molecule has 20 heavy (non-hydrogen) atoms. The summed E-state index contributed by atoms with van der Waals surface area (Å²) in [5.74, 6) is 1.01.